The smallest absolute Gasteiger partial charge is 0.171 e. The van der Waals surface area contributed by atoms with Crippen LogP contribution in [0.25, 0.3) is 0 Å². The van der Waals surface area contributed by atoms with E-state index in [-0.39, 0.29) is 0 Å². The molecule has 0 bridgehead atoms. The second-order valence-corrected chi connectivity index (χ2v) is 3.73. The lowest BCUT2D eigenvalue weighted by atomic mass is 10.2. The summed E-state index contributed by atoms with van der Waals surface area (Å²) in [5.74, 6) is 0.842. The Bertz CT molecular complexity index is 286. The van der Waals surface area contributed by atoms with E-state index >= 15 is 0 Å². The molecule has 1 aliphatic carbocycles. The van der Waals surface area contributed by atoms with E-state index < -0.39 is 0 Å². The Kier molecular flexibility index (Phi) is 2.12. The van der Waals surface area contributed by atoms with Crippen molar-refractivity contribution in [2.75, 3.05) is 11.1 Å². The van der Waals surface area contributed by atoms with Gasteiger partial charge in [0.2, 0.25) is 0 Å². The van der Waals surface area contributed by atoms with Gasteiger partial charge in [0.25, 0.3) is 0 Å². The molecule has 4 nitrogen and oxygen atoms in total. The van der Waals surface area contributed by atoms with Crippen LogP contribution < -0.4 is 11.1 Å². The van der Waals surface area contributed by atoms with Gasteiger partial charge < -0.3 is 11.1 Å². The lowest BCUT2D eigenvalue weighted by molar-refractivity contribution is 0.728. The first-order chi connectivity index (χ1) is 6.25. The first kappa shape index (κ1) is 8.41. The van der Waals surface area contributed by atoms with E-state index in [1.54, 1.807) is 4.68 Å². The number of nitrogens with zero attached hydrogens (tertiary/aromatic N) is 2. The Morgan fingerprint density at radius 3 is 2.77 bits per heavy atom. The van der Waals surface area contributed by atoms with E-state index in [1.807, 2.05) is 13.2 Å². The molecule has 0 saturated heterocycles. The van der Waals surface area contributed by atoms with Crippen molar-refractivity contribution in [2.45, 2.75) is 31.7 Å². The quantitative estimate of drug-likeness (QED) is 0.722. The molecule has 1 saturated carbocycles. The normalized spacial score (nSPS) is 17.9. The summed E-state index contributed by atoms with van der Waals surface area (Å²) in [5.41, 5.74) is 6.52. The highest BCUT2D eigenvalue weighted by molar-refractivity contribution is 5.60. The van der Waals surface area contributed by atoms with E-state index in [0.717, 1.165) is 11.5 Å². The average Bonchev–Trinajstić information content (AvgIpc) is 2.63. The summed E-state index contributed by atoms with van der Waals surface area (Å²) in [5, 5.41) is 7.63. The average molecular weight is 180 g/mol. The van der Waals surface area contributed by atoms with Crippen LogP contribution in [0, 0.1) is 0 Å². The number of anilines is 2. The molecule has 0 unspecified atom stereocenters. The minimum atomic E-state index is 0.581. The molecule has 1 aliphatic rings. The zero-order valence-electron chi connectivity index (χ0n) is 7.95. The third-order valence-electron chi connectivity index (χ3n) is 2.55. The molecule has 3 N–H and O–H groups in total. The molecule has 4 heteroatoms. The maximum Gasteiger partial charge on any atom is 0.171 e. The largest absolute Gasteiger partial charge is 0.394 e. The summed E-state index contributed by atoms with van der Waals surface area (Å²) in [6.07, 6.45) is 6.97. The van der Waals surface area contributed by atoms with Gasteiger partial charge in [0.05, 0.1) is 5.69 Å². The topological polar surface area (TPSA) is 55.9 Å². The van der Waals surface area contributed by atoms with E-state index in [9.17, 15) is 0 Å². The molecule has 0 spiro atoms. The number of hydrogen-bond donors (Lipinski definition) is 2. The van der Waals surface area contributed by atoms with Gasteiger partial charge in [-0.15, -0.1) is 0 Å². The van der Waals surface area contributed by atoms with Crippen LogP contribution in [-0.4, -0.2) is 15.8 Å². The predicted octanol–water partition coefficient (Wildman–Crippen LogP) is 1.36. The second-order valence-electron chi connectivity index (χ2n) is 3.73. The zero-order chi connectivity index (χ0) is 9.26. The molecule has 1 fully saturated rings. The molecular weight excluding hydrogens is 164 g/mol. The van der Waals surface area contributed by atoms with E-state index in [0.29, 0.717) is 6.04 Å². The Hall–Kier alpha value is -1.19. The summed E-state index contributed by atoms with van der Waals surface area (Å²) in [7, 11) is 1.89. The summed E-state index contributed by atoms with van der Waals surface area (Å²) < 4.78 is 1.74. The summed E-state index contributed by atoms with van der Waals surface area (Å²) in [6, 6.07) is 0.581. The van der Waals surface area contributed by atoms with Gasteiger partial charge in [0.15, 0.2) is 5.82 Å². The van der Waals surface area contributed by atoms with Crippen LogP contribution in [0.1, 0.15) is 25.7 Å². The molecule has 0 radical (unpaired) electrons. The molecule has 1 aromatic rings. The van der Waals surface area contributed by atoms with Gasteiger partial charge in [-0.2, -0.15) is 5.10 Å². The fourth-order valence-corrected chi connectivity index (χ4v) is 1.88. The number of nitrogens with one attached hydrogen (secondary N) is 1. The van der Waals surface area contributed by atoms with Gasteiger partial charge in [-0.3, -0.25) is 4.68 Å². The van der Waals surface area contributed by atoms with Crippen molar-refractivity contribution in [1.82, 2.24) is 9.78 Å². The standard InChI is InChI=1S/C9H16N4/c1-13-6-8(10)9(12-13)11-7-4-2-3-5-7/h6-7H,2-5,10H2,1H3,(H,11,12). The van der Waals surface area contributed by atoms with Crippen molar-refractivity contribution >= 4 is 11.5 Å². The maximum atomic E-state index is 5.77. The SMILES string of the molecule is Cn1cc(N)c(NC2CCCC2)n1. The van der Waals surface area contributed by atoms with E-state index in [2.05, 4.69) is 10.4 Å². The van der Waals surface area contributed by atoms with Crippen LogP contribution in [0.4, 0.5) is 11.5 Å². The van der Waals surface area contributed by atoms with Crippen molar-refractivity contribution in [3.05, 3.63) is 6.20 Å². The number of nitrogens with two attached hydrogens (primary N) is 1. The number of rotatable bonds is 2. The highest BCUT2D eigenvalue weighted by Crippen LogP contribution is 2.23. The lowest BCUT2D eigenvalue weighted by Gasteiger charge is -2.10. The van der Waals surface area contributed by atoms with Gasteiger partial charge in [0, 0.05) is 19.3 Å². The fourth-order valence-electron chi connectivity index (χ4n) is 1.88. The molecule has 13 heavy (non-hydrogen) atoms. The molecule has 0 amide bonds. The van der Waals surface area contributed by atoms with Gasteiger partial charge in [-0.25, -0.2) is 0 Å². The molecule has 0 aliphatic heterocycles. The molecule has 2 rings (SSSR count). The van der Waals surface area contributed by atoms with Crippen LogP contribution in [0.3, 0.4) is 0 Å². The van der Waals surface area contributed by atoms with Crippen LogP contribution in [0.5, 0.6) is 0 Å². The van der Waals surface area contributed by atoms with Crippen molar-refractivity contribution in [1.29, 1.82) is 0 Å². The van der Waals surface area contributed by atoms with Gasteiger partial charge in [-0.05, 0) is 12.8 Å². The highest BCUT2D eigenvalue weighted by Gasteiger charge is 2.16. The van der Waals surface area contributed by atoms with Crippen LogP contribution in [-0.2, 0) is 7.05 Å². The lowest BCUT2D eigenvalue weighted by Crippen LogP contribution is -2.15. The number of aromatic nitrogens is 2. The number of hydrogen-bond acceptors (Lipinski definition) is 3. The van der Waals surface area contributed by atoms with Crippen molar-refractivity contribution in [3.8, 4) is 0 Å². The minimum Gasteiger partial charge on any atom is -0.394 e. The molecule has 1 aromatic heterocycles. The Morgan fingerprint density at radius 1 is 1.54 bits per heavy atom. The molecule has 0 atom stereocenters. The van der Waals surface area contributed by atoms with Gasteiger partial charge in [-0.1, -0.05) is 12.8 Å². The molecular formula is C9H16N4. The van der Waals surface area contributed by atoms with Crippen molar-refractivity contribution < 1.29 is 0 Å². The Morgan fingerprint density at radius 2 is 2.23 bits per heavy atom. The third-order valence-corrected chi connectivity index (χ3v) is 2.55. The Labute approximate surface area is 78.1 Å². The first-order valence-electron chi connectivity index (χ1n) is 4.81. The van der Waals surface area contributed by atoms with Crippen molar-refractivity contribution in [2.24, 2.45) is 7.05 Å². The first-order valence-corrected chi connectivity index (χ1v) is 4.81. The predicted molar refractivity (Wildman–Crippen MR) is 53.5 cm³/mol. The van der Waals surface area contributed by atoms with Crippen LogP contribution in [0.2, 0.25) is 0 Å². The third kappa shape index (κ3) is 1.76. The minimum absolute atomic E-state index is 0.581. The molecule has 1 heterocycles. The zero-order valence-corrected chi connectivity index (χ0v) is 7.95. The number of nitrogen functional groups attached to an aromatic ring is 1. The summed E-state index contributed by atoms with van der Waals surface area (Å²) >= 11 is 0. The maximum absolute atomic E-state index is 5.77. The second kappa shape index (κ2) is 3.28. The fraction of sp³-hybridized carbons (Fsp3) is 0.667. The Balaban J connectivity index is 2.03. The van der Waals surface area contributed by atoms with E-state index in [4.69, 9.17) is 5.73 Å². The van der Waals surface area contributed by atoms with Crippen LogP contribution in [0.15, 0.2) is 6.20 Å². The molecule has 0 aromatic carbocycles. The van der Waals surface area contributed by atoms with Crippen molar-refractivity contribution in [3.63, 3.8) is 0 Å². The van der Waals surface area contributed by atoms with Crippen LogP contribution >= 0.6 is 0 Å². The monoisotopic (exact) mass is 180 g/mol. The summed E-state index contributed by atoms with van der Waals surface area (Å²) in [4.78, 5) is 0. The van der Waals surface area contributed by atoms with Gasteiger partial charge in [0.1, 0.15) is 0 Å². The van der Waals surface area contributed by atoms with E-state index in [1.165, 1.54) is 25.7 Å². The van der Waals surface area contributed by atoms with Gasteiger partial charge >= 0.3 is 0 Å². The number of aryl methyl sites for hydroxylation is 1. The molecule has 72 valence electrons. The highest BCUT2D eigenvalue weighted by atomic mass is 15.3. The summed E-state index contributed by atoms with van der Waals surface area (Å²) in [6.45, 7) is 0.